The molecule has 5 nitrogen and oxygen atoms in total. The molecule has 0 aromatic heterocycles. The molecule has 0 heterocycles. The first kappa shape index (κ1) is 19.1. The molecule has 0 aliphatic heterocycles. The molecule has 134 valence electrons. The third-order valence-electron chi connectivity index (χ3n) is 4.01. The maximum atomic E-state index is 12.3. The van der Waals surface area contributed by atoms with E-state index in [0.717, 1.165) is 34.4 Å². The van der Waals surface area contributed by atoms with Crippen LogP contribution in [0.15, 0.2) is 41.3 Å². The Kier molecular flexibility index (Phi) is 5.98. The lowest BCUT2D eigenvalue weighted by Gasteiger charge is -2.13. The van der Waals surface area contributed by atoms with Crippen molar-refractivity contribution in [3.63, 3.8) is 0 Å². The largest absolute Gasteiger partial charge is 0.324 e. The van der Waals surface area contributed by atoms with E-state index in [1.165, 1.54) is 0 Å². The number of benzene rings is 2. The summed E-state index contributed by atoms with van der Waals surface area (Å²) in [5.74, 6) is -0.399. The van der Waals surface area contributed by atoms with Crippen molar-refractivity contribution >= 4 is 21.6 Å². The van der Waals surface area contributed by atoms with E-state index in [0.29, 0.717) is 0 Å². The highest BCUT2D eigenvalue weighted by molar-refractivity contribution is 7.89. The number of rotatable bonds is 6. The SMILES string of the molecule is CCc1ccc(S(=O)(=O)NCC(=O)Nc2c(C)cc(C)cc2C)cc1. The van der Waals surface area contributed by atoms with Gasteiger partial charge in [0.15, 0.2) is 0 Å². The lowest BCUT2D eigenvalue weighted by atomic mass is 10.1. The first-order valence-corrected chi connectivity index (χ1v) is 9.67. The average molecular weight is 360 g/mol. The number of hydrogen-bond acceptors (Lipinski definition) is 3. The summed E-state index contributed by atoms with van der Waals surface area (Å²) in [4.78, 5) is 12.3. The van der Waals surface area contributed by atoms with Crippen molar-refractivity contribution in [2.75, 3.05) is 11.9 Å². The topological polar surface area (TPSA) is 75.3 Å². The zero-order valence-electron chi connectivity index (χ0n) is 15.0. The van der Waals surface area contributed by atoms with Gasteiger partial charge >= 0.3 is 0 Å². The number of carbonyl (C=O) groups is 1. The number of anilines is 1. The van der Waals surface area contributed by atoms with E-state index in [1.54, 1.807) is 24.3 Å². The van der Waals surface area contributed by atoms with Gasteiger partial charge in [-0.15, -0.1) is 0 Å². The van der Waals surface area contributed by atoms with Crippen LogP contribution in [0.2, 0.25) is 0 Å². The predicted octanol–water partition coefficient (Wildman–Crippen LogP) is 3.09. The van der Waals surface area contributed by atoms with Crippen LogP contribution in [0, 0.1) is 20.8 Å². The molecular formula is C19H24N2O3S. The van der Waals surface area contributed by atoms with Crippen molar-refractivity contribution in [3.8, 4) is 0 Å². The van der Waals surface area contributed by atoms with Gasteiger partial charge in [-0.3, -0.25) is 4.79 Å². The van der Waals surface area contributed by atoms with E-state index >= 15 is 0 Å². The minimum atomic E-state index is -3.71. The van der Waals surface area contributed by atoms with Crippen LogP contribution in [0.4, 0.5) is 5.69 Å². The standard InChI is InChI=1S/C19H24N2O3S/c1-5-16-6-8-17(9-7-16)25(23,24)20-12-18(22)21-19-14(3)10-13(2)11-15(19)4/h6-11,20H,5,12H2,1-4H3,(H,21,22). The molecular weight excluding hydrogens is 336 g/mol. The normalized spacial score (nSPS) is 11.4. The van der Waals surface area contributed by atoms with Crippen molar-refractivity contribution in [2.45, 2.75) is 39.0 Å². The van der Waals surface area contributed by atoms with Gasteiger partial charge in [0.25, 0.3) is 0 Å². The first-order valence-electron chi connectivity index (χ1n) is 8.19. The van der Waals surface area contributed by atoms with Gasteiger partial charge in [-0.25, -0.2) is 13.1 Å². The molecule has 0 fully saturated rings. The van der Waals surface area contributed by atoms with Crippen molar-refractivity contribution in [1.29, 1.82) is 0 Å². The van der Waals surface area contributed by atoms with Crippen LogP contribution in [0.25, 0.3) is 0 Å². The third-order valence-corrected chi connectivity index (χ3v) is 5.42. The quantitative estimate of drug-likeness (QED) is 0.831. The van der Waals surface area contributed by atoms with Crippen molar-refractivity contribution in [1.82, 2.24) is 4.72 Å². The molecule has 25 heavy (non-hydrogen) atoms. The maximum absolute atomic E-state index is 12.3. The fourth-order valence-electron chi connectivity index (χ4n) is 2.71. The minimum absolute atomic E-state index is 0.153. The molecule has 2 aromatic carbocycles. The molecule has 0 saturated heterocycles. The lowest BCUT2D eigenvalue weighted by Crippen LogP contribution is -2.33. The van der Waals surface area contributed by atoms with Crippen LogP contribution < -0.4 is 10.0 Å². The van der Waals surface area contributed by atoms with Crippen LogP contribution in [0.5, 0.6) is 0 Å². The summed E-state index contributed by atoms with van der Waals surface area (Å²) in [6.07, 6.45) is 0.839. The Bertz CT molecular complexity index is 849. The van der Waals surface area contributed by atoms with Crippen LogP contribution >= 0.6 is 0 Å². The maximum Gasteiger partial charge on any atom is 0.241 e. The van der Waals surface area contributed by atoms with E-state index in [9.17, 15) is 13.2 Å². The van der Waals surface area contributed by atoms with Gasteiger partial charge in [-0.05, 0) is 56.0 Å². The van der Waals surface area contributed by atoms with Crippen LogP contribution in [-0.2, 0) is 21.2 Å². The number of amides is 1. The van der Waals surface area contributed by atoms with Gasteiger partial charge in [-0.2, -0.15) is 0 Å². The van der Waals surface area contributed by atoms with E-state index in [4.69, 9.17) is 0 Å². The zero-order chi connectivity index (χ0) is 18.6. The Labute approximate surface area is 149 Å². The van der Waals surface area contributed by atoms with Crippen LogP contribution in [-0.4, -0.2) is 20.9 Å². The summed E-state index contributed by atoms with van der Waals surface area (Å²) in [7, 11) is -3.71. The Morgan fingerprint density at radius 3 is 2.08 bits per heavy atom. The summed E-state index contributed by atoms with van der Waals surface area (Å²) >= 11 is 0. The monoisotopic (exact) mass is 360 g/mol. The van der Waals surface area contributed by atoms with Gasteiger partial charge < -0.3 is 5.32 Å². The second-order valence-corrected chi connectivity index (χ2v) is 7.91. The van der Waals surface area contributed by atoms with E-state index < -0.39 is 15.9 Å². The van der Waals surface area contributed by atoms with Gasteiger partial charge in [0.1, 0.15) is 0 Å². The number of nitrogens with one attached hydrogen (secondary N) is 2. The van der Waals surface area contributed by atoms with Crippen LogP contribution in [0.1, 0.15) is 29.2 Å². The summed E-state index contributed by atoms with van der Waals surface area (Å²) < 4.78 is 26.9. The second kappa shape index (κ2) is 7.80. The van der Waals surface area contributed by atoms with Crippen LogP contribution in [0.3, 0.4) is 0 Å². The predicted molar refractivity (Wildman–Crippen MR) is 100 cm³/mol. The molecule has 2 aromatic rings. The molecule has 0 aliphatic carbocycles. The first-order chi connectivity index (χ1) is 11.7. The number of hydrogen-bond donors (Lipinski definition) is 2. The van der Waals surface area contributed by atoms with E-state index in [-0.39, 0.29) is 11.4 Å². The highest BCUT2D eigenvalue weighted by Crippen LogP contribution is 2.21. The Balaban J connectivity index is 2.04. The van der Waals surface area contributed by atoms with E-state index in [1.807, 2.05) is 39.8 Å². The summed E-state index contributed by atoms with van der Waals surface area (Å²) in [6.45, 7) is 7.50. The Hall–Kier alpha value is -2.18. The van der Waals surface area contributed by atoms with E-state index in [2.05, 4.69) is 10.0 Å². The molecule has 0 radical (unpaired) electrons. The smallest absolute Gasteiger partial charge is 0.241 e. The number of aryl methyl sites for hydroxylation is 4. The van der Waals surface area contributed by atoms with Gasteiger partial charge in [0.05, 0.1) is 11.4 Å². The Morgan fingerprint density at radius 1 is 1.00 bits per heavy atom. The zero-order valence-corrected chi connectivity index (χ0v) is 15.8. The number of sulfonamides is 1. The summed E-state index contributed by atoms with van der Waals surface area (Å²) in [5.41, 5.74) is 4.79. The molecule has 0 aliphatic rings. The second-order valence-electron chi connectivity index (χ2n) is 6.14. The Morgan fingerprint density at radius 2 is 1.56 bits per heavy atom. The molecule has 0 spiro atoms. The lowest BCUT2D eigenvalue weighted by molar-refractivity contribution is -0.115. The molecule has 6 heteroatoms. The summed E-state index contributed by atoms with van der Waals surface area (Å²) in [5, 5.41) is 2.78. The molecule has 0 bridgehead atoms. The van der Waals surface area contributed by atoms with Crippen molar-refractivity contribution in [2.24, 2.45) is 0 Å². The molecule has 2 N–H and O–H groups in total. The minimum Gasteiger partial charge on any atom is -0.324 e. The van der Waals surface area contributed by atoms with Crippen molar-refractivity contribution in [3.05, 3.63) is 58.7 Å². The van der Waals surface area contributed by atoms with Gasteiger partial charge in [0.2, 0.25) is 15.9 Å². The fraction of sp³-hybridized carbons (Fsp3) is 0.316. The third kappa shape index (κ3) is 4.90. The highest BCUT2D eigenvalue weighted by atomic mass is 32.2. The molecule has 0 atom stereocenters. The summed E-state index contributed by atoms with van der Waals surface area (Å²) in [6, 6.07) is 10.6. The van der Waals surface area contributed by atoms with Crippen molar-refractivity contribution < 1.29 is 13.2 Å². The molecule has 0 saturated carbocycles. The van der Waals surface area contributed by atoms with Gasteiger partial charge in [-0.1, -0.05) is 36.8 Å². The fourth-order valence-corrected chi connectivity index (χ4v) is 3.69. The average Bonchev–Trinajstić information content (AvgIpc) is 2.56. The molecule has 2 rings (SSSR count). The molecule has 0 unspecified atom stereocenters. The number of carbonyl (C=O) groups excluding carboxylic acids is 1. The highest BCUT2D eigenvalue weighted by Gasteiger charge is 2.16. The van der Waals surface area contributed by atoms with Gasteiger partial charge in [0, 0.05) is 5.69 Å². The molecule has 1 amide bonds.